The van der Waals surface area contributed by atoms with E-state index in [2.05, 4.69) is 27.9 Å². The fourth-order valence-electron chi connectivity index (χ4n) is 1.39. The number of hydrazine groups is 1. The molecule has 3 N–H and O–H groups in total. The van der Waals surface area contributed by atoms with Gasteiger partial charge >= 0.3 is 0 Å². The maximum Gasteiger partial charge on any atom is 0.129 e. The molecule has 1 aromatic rings. The molecule has 0 heterocycles. The Morgan fingerprint density at radius 2 is 2.33 bits per heavy atom. The van der Waals surface area contributed by atoms with Crippen LogP contribution in [0.25, 0.3) is 0 Å². The number of nitrogens with two attached hydrogens (primary N) is 1. The molecule has 1 aromatic carbocycles. The number of hydrogen-bond acceptors (Lipinski definition) is 2. The highest BCUT2D eigenvalue weighted by Crippen LogP contribution is 2.24. The van der Waals surface area contributed by atoms with E-state index >= 15 is 0 Å². The smallest absolute Gasteiger partial charge is 0.129 e. The van der Waals surface area contributed by atoms with Crippen molar-refractivity contribution < 1.29 is 4.39 Å². The number of halogens is 2. The molecular weight excluding hydrogens is 259 g/mol. The fraction of sp³-hybridized carbons (Fsp3) is 0.273. The Hall–Kier alpha value is -0.710. The van der Waals surface area contributed by atoms with Crippen LogP contribution in [0.5, 0.6) is 0 Å². The molecule has 0 bridgehead atoms. The fourth-order valence-corrected chi connectivity index (χ4v) is 1.72. The predicted molar refractivity (Wildman–Crippen MR) is 63.6 cm³/mol. The third kappa shape index (κ3) is 3.41. The van der Waals surface area contributed by atoms with Gasteiger partial charge in [0.25, 0.3) is 0 Å². The van der Waals surface area contributed by atoms with Crippen molar-refractivity contribution in [2.75, 3.05) is 0 Å². The molecule has 2 nitrogen and oxygen atoms in total. The first-order valence-corrected chi connectivity index (χ1v) is 5.39. The van der Waals surface area contributed by atoms with Gasteiger partial charge in [-0.2, -0.15) is 0 Å². The maximum atomic E-state index is 13.6. The lowest BCUT2D eigenvalue weighted by Crippen LogP contribution is -2.28. The van der Waals surface area contributed by atoms with Crippen LogP contribution in [-0.4, -0.2) is 0 Å². The van der Waals surface area contributed by atoms with E-state index < -0.39 is 0 Å². The Kier molecular flexibility index (Phi) is 4.45. The van der Waals surface area contributed by atoms with E-state index in [4.69, 9.17) is 5.84 Å². The van der Waals surface area contributed by atoms with Gasteiger partial charge in [-0.25, -0.2) is 4.39 Å². The van der Waals surface area contributed by atoms with Gasteiger partial charge in [0, 0.05) is 10.0 Å². The Labute approximate surface area is 97.5 Å². The van der Waals surface area contributed by atoms with Gasteiger partial charge in [0.1, 0.15) is 5.82 Å². The molecule has 0 spiro atoms. The van der Waals surface area contributed by atoms with Crippen LogP contribution in [0.4, 0.5) is 4.39 Å². The average molecular weight is 273 g/mol. The van der Waals surface area contributed by atoms with Crippen LogP contribution < -0.4 is 11.3 Å². The largest absolute Gasteiger partial charge is 0.271 e. The summed E-state index contributed by atoms with van der Waals surface area (Å²) in [6, 6.07) is 4.71. The Balaban J connectivity index is 2.96. The third-order valence-corrected chi connectivity index (χ3v) is 2.58. The minimum absolute atomic E-state index is 0.226. The summed E-state index contributed by atoms with van der Waals surface area (Å²) in [5.41, 5.74) is 4.11. The van der Waals surface area contributed by atoms with Crippen molar-refractivity contribution in [3.8, 4) is 0 Å². The molecular formula is C11H14BrFN2. The monoisotopic (exact) mass is 272 g/mol. The molecule has 0 saturated heterocycles. The van der Waals surface area contributed by atoms with Gasteiger partial charge in [-0.1, -0.05) is 27.6 Å². The van der Waals surface area contributed by atoms with Crippen LogP contribution in [0.15, 0.2) is 34.8 Å². The van der Waals surface area contributed by atoms with Crippen LogP contribution in [-0.2, 0) is 0 Å². The van der Waals surface area contributed by atoms with Gasteiger partial charge < -0.3 is 0 Å². The standard InChI is InChI=1S/C11H14BrFN2/c1-7(2)5-11(15-14)9-4-3-8(12)6-10(9)13/h3-4,6,11,15H,1,5,14H2,2H3. The molecule has 0 saturated carbocycles. The van der Waals surface area contributed by atoms with Crippen LogP contribution in [0.1, 0.15) is 24.9 Å². The van der Waals surface area contributed by atoms with Crippen LogP contribution in [0, 0.1) is 5.82 Å². The molecule has 1 rings (SSSR count). The molecule has 1 atom stereocenters. The molecule has 0 aliphatic carbocycles. The van der Waals surface area contributed by atoms with E-state index in [0.29, 0.717) is 12.0 Å². The minimum Gasteiger partial charge on any atom is -0.271 e. The Morgan fingerprint density at radius 1 is 1.67 bits per heavy atom. The first-order valence-electron chi connectivity index (χ1n) is 4.60. The molecule has 15 heavy (non-hydrogen) atoms. The first kappa shape index (κ1) is 12.4. The van der Waals surface area contributed by atoms with Gasteiger partial charge in [-0.05, 0) is 25.5 Å². The summed E-state index contributed by atoms with van der Waals surface area (Å²) in [4.78, 5) is 0. The molecule has 0 aromatic heterocycles. The molecule has 0 radical (unpaired) electrons. The van der Waals surface area contributed by atoms with E-state index in [-0.39, 0.29) is 11.9 Å². The minimum atomic E-state index is -0.270. The summed E-state index contributed by atoms with van der Waals surface area (Å²) >= 11 is 3.21. The summed E-state index contributed by atoms with van der Waals surface area (Å²) in [6.45, 7) is 5.68. The summed E-state index contributed by atoms with van der Waals surface area (Å²) in [7, 11) is 0. The number of hydrogen-bond donors (Lipinski definition) is 2. The quantitative estimate of drug-likeness (QED) is 0.502. The summed E-state index contributed by atoms with van der Waals surface area (Å²) in [5, 5.41) is 0. The topological polar surface area (TPSA) is 38.0 Å². The predicted octanol–water partition coefficient (Wildman–Crippen LogP) is 3.06. The zero-order chi connectivity index (χ0) is 11.4. The Morgan fingerprint density at radius 3 is 2.80 bits per heavy atom. The van der Waals surface area contributed by atoms with Crippen LogP contribution >= 0.6 is 15.9 Å². The number of benzene rings is 1. The molecule has 0 fully saturated rings. The van der Waals surface area contributed by atoms with Gasteiger partial charge in [0.15, 0.2) is 0 Å². The van der Waals surface area contributed by atoms with Crippen molar-refractivity contribution in [1.29, 1.82) is 0 Å². The molecule has 0 amide bonds. The second kappa shape index (κ2) is 5.39. The molecule has 4 heteroatoms. The van der Waals surface area contributed by atoms with Crippen molar-refractivity contribution >= 4 is 15.9 Å². The van der Waals surface area contributed by atoms with Crippen molar-refractivity contribution in [2.24, 2.45) is 5.84 Å². The van der Waals surface area contributed by atoms with Crippen LogP contribution in [0.3, 0.4) is 0 Å². The molecule has 1 unspecified atom stereocenters. The Bertz CT molecular complexity index is 366. The summed E-state index contributed by atoms with van der Waals surface area (Å²) < 4.78 is 14.3. The molecule has 0 aliphatic heterocycles. The highest BCUT2D eigenvalue weighted by atomic mass is 79.9. The molecule has 0 aliphatic rings. The van der Waals surface area contributed by atoms with E-state index in [0.717, 1.165) is 10.0 Å². The zero-order valence-electron chi connectivity index (χ0n) is 8.56. The average Bonchev–Trinajstić information content (AvgIpc) is 2.14. The third-order valence-electron chi connectivity index (χ3n) is 2.09. The highest BCUT2D eigenvalue weighted by molar-refractivity contribution is 9.10. The van der Waals surface area contributed by atoms with Crippen molar-refractivity contribution in [1.82, 2.24) is 5.43 Å². The van der Waals surface area contributed by atoms with E-state index in [9.17, 15) is 4.39 Å². The summed E-state index contributed by atoms with van der Waals surface area (Å²) in [5.74, 6) is 5.12. The highest BCUT2D eigenvalue weighted by Gasteiger charge is 2.14. The second-order valence-electron chi connectivity index (χ2n) is 3.55. The van der Waals surface area contributed by atoms with Gasteiger partial charge in [-0.15, -0.1) is 6.58 Å². The SMILES string of the molecule is C=C(C)CC(NN)c1ccc(Br)cc1F. The first-order chi connectivity index (χ1) is 7.04. The lowest BCUT2D eigenvalue weighted by molar-refractivity contribution is 0.509. The van der Waals surface area contributed by atoms with Crippen molar-refractivity contribution in [3.05, 3.63) is 46.2 Å². The molecule has 82 valence electrons. The van der Waals surface area contributed by atoms with E-state index in [1.165, 1.54) is 6.07 Å². The summed E-state index contributed by atoms with van der Waals surface area (Å²) in [6.07, 6.45) is 0.620. The normalized spacial score (nSPS) is 12.5. The van der Waals surface area contributed by atoms with Gasteiger partial charge in [-0.3, -0.25) is 11.3 Å². The zero-order valence-corrected chi connectivity index (χ0v) is 10.1. The van der Waals surface area contributed by atoms with Crippen molar-refractivity contribution in [3.63, 3.8) is 0 Å². The number of nitrogens with one attached hydrogen (secondary N) is 1. The lowest BCUT2D eigenvalue weighted by Gasteiger charge is -2.17. The van der Waals surface area contributed by atoms with E-state index in [1.807, 2.05) is 6.92 Å². The van der Waals surface area contributed by atoms with Crippen molar-refractivity contribution in [2.45, 2.75) is 19.4 Å². The maximum absolute atomic E-state index is 13.6. The second-order valence-corrected chi connectivity index (χ2v) is 4.46. The van der Waals surface area contributed by atoms with E-state index in [1.54, 1.807) is 12.1 Å². The lowest BCUT2D eigenvalue weighted by atomic mass is 10.0. The van der Waals surface area contributed by atoms with Gasteiger partial charge in [0.05, 0.1) is 6.04 Å². The van der Waals surface area contributed by atoms with Crippen LogP contribution in [0.2, 0.25) is 0 Å². The van der Waals surface area contributed by atoms with Gasteiger partial charge in [0.2, 0.25) is 0 Å². The number of rotatable bonds is 4.